The molecular formula is C13H16Cl3N3OS. The van der Waals surface area contributed by atoms with E-state index >= 15 is 0 Å². The molecule has 8 heteroatoms. The first-order valence-corrected chi connectivity index (χ1v) is 8.20. The molecule has 0 bridgehead atoms. The van der Waals surface area contributed by atoms with E-state index < -0.39 is 3.12 Å². The number of halogens is 3. The third-order valence-corrected chi connectivity index (χ3v) is 4.31. The quantitative estimate of drug-likeness (QED) is 0.609. The fraction of sp³-hybridized carbons (Fsp3) is 0.462. The van der Waals surface area contributed by atoms with Crippen LogP contribution in [0, 0.1) is 0 Å². The van der Waals surface area contributed by atoms with Gasteiger partial charge in [0, 0.05) is 17.6 Å². The van der Waals surface area contributed by atoms with Gasteiger partial charge >= 0.3 is 6.03 Å². The molecule has 2 amide bonds. The van der Waals surface area contributed by atoms with Crippen LogP contribution < -0.4 is 10.3 Å². The summed E-state index contributed by atoms with van der Waals surface area (Å²) in [5.41, 5.74) is 4.95. The van der Waals surface area contributed by atoms with Crippen LogP contribution in [-0.4, -0.2) is 20.2 Å². The summed E-state index contributed by atoms with van der Waals surface area (Å²) >= 11 is 17.9. The summed E-state index contributed by atoms with van der Waals surface area (Å²) < 4.78 is -0.362. The van der Waals surface area contributed by atoms with Crippen LogP contribution in [0.3, 0.4) is 0 Å². The first kappa shape index (κ1) is 17.0. The molecule has 0 radical (unpaired) electrons. The van der Waals surface area contributed by atoms with Gasteiger partial charge in [0.25, 0.3) is 3.12 Å². The molecule has 0 spiro atoms. The summed E-state index contributed by atoms with van der Waals surface area (Å²) in [5.74, 6) is 0. The van der Waals surface area contributed by atoms with Crippen molar-refractivity contribution in [3.63, 3.8) is 0 Å². The first-order valence-electron chi connectivity index (χ1n) is 6.29. The zero-order valence-electron chi connectivity index (χ0n) is 11.9. The number of carbonyl (C=O) groups excluding carboxylic acids is 1. The molecule has 0 atom stereocenters. The molecule has 1 aromatic rings. The lowest BCUT2D eigenvalue weighted by molar-refractivity contribution is 0.236. The van der Waals surface area contributed by atoms with Crippen LogP contribution >= 0.6 is 46.8 Å². The number of nitrogens with zero attached hydrogens (tertiary/aromatic N) is 2. The second-order valence-electron chi connectivity index (χ2n) is 5.66. The average Bonchev–Trinajstić information content (AvgIpc) is 2.68. The fourth-order valence-corrected chi connectivity index (χ4v) is 3.02. The summed E-state index contributed by atoms with van der Waals surface area (Å²) in [6, 6.07) is 7.61. The Bertz CT molecular complexity index is 525. The zero-order chi connectivity index (χ0) is 15.8. The minimum atomic E-state index is -1.59. The van der Waals surface area contributed by atoms with Gasteiger partial charge in [0.1, 0.15) is 0 Å². The Kier molecular flexibility index (Phi) is 4.90. The SMILES string of the molecule is CC(C)(C)c1ccc(N2CNN(SC(Cl)(Cl)Cl)C2=O)cc1. The highest BCUT2D eigenvalue weighted by molar-refractivity contribution is 8.03. The van der Waals surface area contributed by atoms with Crippen molar-refractivity contribution < 1.29 is 4.79 Å². The molecule has 116 valence electrons. The van der Waals surface area contributed by atoms with Gasteiger partial charge in [-0.05, 0) is 23.1 Å². The van der Waals surface area contributed by atoms with Crippen molar-refractivity contribution in [3.05, 3.63) is 29.8 Å². The molecule has 0 unspecified atom stereocenters. The Morgan fingerprint density at radius 2 is 1.71 bits per heavy atom. The fourth-order valence-electron chi connectivity index (χ4n) is 1.90. The largest absolute Gasteiger partial charge is 0.350 e. The van der Waals surface area contributed by atoms with Gasteiger partial charge in [-0.1, -0.05) is 67.7 Å². The number of urea groups is 1. The smallest absolute Gasteiger partial charge is 0.278 e. The monoisotopic (exact) mass is 367 g/mol. The first-order chi connectivity index (χ1) is 9.58. The van der Waals surface area contributed by atoms with Gasteiger partial charge in [0.15, 0.2) is 0 Å². The van der Waals surface area contributed by atoms with E-state index in [1.165, 1.54) is 9.98 Å². The van der Waals surface area contributed by atoms with E-state index in [-0.39, 0.29) is 11.4 Å². The third kappa shape index (κ3) is 4.33. The van der Waals surface area contributed by atoms with Crippen LogP contribution in [-0.2, 0) is 5.41 Å². The molecule has 0 aliphatic carbocycles. The van der Waals surface area contributed by atoms with Crippen LogP contribution in [0.2, 0.25) is 0 Å². The molecule has 1 heterocycles. The molecule has 0 aromatic heterocycles. The van der Waals surface area contributed by atoms with Crippen molar-refractivity contribution in [1.82, 2.24) is 9.84 Å². The maximum atomic E-state index is 12.3. The van der Waals surface area contributed by atoms with Crippen LogP contribution in [0.4, 0.5) is 10.5 Å². The van der Waals surface area contributed by atoms with E-state index in [2.05, 4.69) is 26.2 Å². The van der Waals surface area contributed by atoms with E-state index in [0.29, 0.717) is 6.67 Å². The van der Waals surface area contributed by atoms with Crippen molar-refractivity contribution in [3.8, 4) is 0 Å². The standard InChI is InChI=1S/C13H16Cl3N3OS/c1-12(2,3)9-4-6-10(7-5-9)18-8-17-19(11(18)20)21-13(14,15)16/h4-7,17H,8H2,1-3H3. The highest BCUT2D eigenvalue weighted by Crippen LogP contribution is 2.41. The van der Waals surface area contributed by atoms with Crippen LogP contribution in [0.25, 0.3) is 0 Å². The molecule has 1 N–H and O–H groups in total. The second-order valence-corrected chi connectivity index (χ2v) is 9.77. The summed E-state index contributed by atoms with van der Waals surface area (Å²) in [4.78, 5) is 13.8. The second kappa shape index (κ2) is 6.05. The van der Waals surface area contributed by atoms with E-state index in [9.17, 15) is 4.79 Å². The number of anilines is 1. The molecule has 1 saturated heterocycles. The van der Waals surface area contributed by atoms with Gasteiger partial charge in [-0.2, -0.15) is 9.84 Å². The number of benzene rings is 1. The van der Waals surface area contributed by atoms with Crippen LogP contribution in [0.15, 0.2) is 24.3 Å². The molecule has 1 aliphatic rings. The van der Waals surface area contributed by atoms with E-state index in [4.69, 9.17) is 34.8 Å². The van der Waals surface area contributed by atoms with Gasteiger partial charge in [0.2, 0.25) is 0 Å². The zero-order valence-corrected chi connectivity index (χ0v) is 14.9. The minimum absolute atomic E-state index is 0.0726. The van der Waals surface area contributed by atoms with Crippen LogP contribution in [0.1, 0.15) is 26.3 Å². The Morgan fingerprint density at radius 1 is 1.14 bits per heavy atom. The lowest BCUT2D eigenvalue weighted by Gasteiger charge is -2.21. The van der Waals surface area contributed by atoms with E-state index in [1.807, 2.05) is 24.3 Å². The molecule has 1 fully saturated rings. The number of rotatable bonds is 2. The number of amides is 2. The maximum absolute atomic E-state index is 12.3. The topological polar surface area (TPSA) is 35.6 Å². The molecule has 2 rings (SSSR count). The maximum Gasteiger partial charge on any atom is 0.350 e. The van der Waals surface area contributed by atoms with Gasteiger partial charge in [-0.15, -0.1) is 0 Å². The highest BCUT2D eigenvalue weighted by atomic mass is 35.6. The van der Waals surface area contributed by atoms with Gasteiger partial charge < -0.3 is 0 Å². The number of hydrogen-bond donors (Lipinski definition) is 1. The van der Waals surface area contributed by atoms with Gasteiger partial charge in [0.05, 0.1) is 6.67 Å². The molecule has 21 heavy (non-hydrogen) atoms. The van der Waals surface area contributed by atoms with Crippen molar-refractivity contribution in [2.75, 3.05) is 11.6 Å². The number of hydrogen-bond acceptors (Lipinski definition) is 3. The average molecular weight is 369 g/mol. The number of nitrogens with one attached hydrogen (secondary N) is 1. The Morgan fingerprint density at radius 3 is 2.19 bits per heavy atom. The van der Waals surface area contributed by atoms with Crippen molar-refractivity contribution in [2.45, 2.75) is 29.3 Å². The van der Waals surface area contributed by atoms with Gasteiger partial charge in [-0.3, -0.25) is 4.90 Å². The Balaban J connectivity index is 2.12. The molecule has 0 saturated carbocycles. The van der Waals surface area contributed by atoms with E-state index in [0.717, 1.165) is 17.6 Å². The van der Waals surface area contributed by atoms with Crippen LogP contribution in [0.5, 0.6) is 0 Å². The molecule has 1 aliphatic heterocycles. The predicted molar refractivity (Wildman–Crippen MR) is 90.7 cm³/mol. The Hall–Kier alpha value is -0.330. The summed E-state index contributed by atoms with van der Waals surface area (Å²) in [6.07, 6.45) is 0. The summed E-state index contributed by atoms with van der Waals surface area (Å²) in [6.45, 7) is 6.76. The summed E-state index contributed by atoms with van der Waals surface area (Å²) in [7, 11) is 0. The molecule has 1 aromatic carbocycles. The van der Waals surface area contributed by atoms with Crippen molar-refractivity contribution >= 4 is 58.5 Å². The number of alkyl halides is 3. The molecule has 4 nitrogen and oxygen atoms in total. The third-order valence-electron chi connectivity index (χ3n) is 3.02. The molecular weight excluding hydrogens is 353 g/mol. The number of carbonyl (C=O) groups is 1. The summed E-state index contributed by atoms with van der Waals surface area (Å²) in [5, 5.41) is 0. The number of hydrazine groups is 1. The van der Waals surface area contributed by atoms with Crippen molar-refractivity contribution in [2.24, 2.45) is 0 Å². The minimum Gasteiger partial charge on any atom is -0.278 e. The lowest BCUT2D eigenvalue weighted by Crippen LogP contribution is -2.31. The van der Waals surface area contributed by atoms with E-state index in [1.54, 1.807) is 4.90 Å². The Labute approximate surface area is 143 Å². The van der Waals surface area contributed by atoms with Crippen molar-refractivity contribution in [1.29, 1.82) is 0 Å². The lowest BCUT2D eigenvalue weighted by atomic mass is 9.87. The van der Waals surface area contributed by atoms with Gasteiger partial charge in [-0.25, -0.2) is 4.79 Å². The predicted octanol–water partition coefficient (Wildman–Crippen LogP) is 4.66. The highest BCUT2D eigenvalue weighted by Gasteiger charge is 2.36. The normalized spacial score (nSPS) is 16.8.